The Kier molecular flexibility index (Phi) is 14.4. The Hall–Kier alpha value is -7.48. The van der Waals surface area contributed by atoms with Gasteiger partial charge in [-0.05, 0) is 126 Å². The Morgan fingerprint density at radius 3 is 1.49 bits per heavy atom. The van der Waals surface area contributed by atoms with E-state index < -0.39 is 64.3 Å². The molecular formula is C54H41F10LiN6O7. The van der Waals surface area contributed by atoms with Gasteiger partial charge in [-0.1, -0.05) is 24.3 Å². The number of hydrogen-bond donors (Lipinski definition) is 1. The second kappa shape index (κ2) is 20.4. The van der Waals surface area contributed by atoms with E-state index in [4.69, 9.17) is 14.2 Å². The third-order valence-electron chi connectivity index (χ3n) is 14.8. The van der Waals surface area contributed by atoms with Gasteiger partial charge in [-0.2, -0.15) is 26.3 Å². The fourth-order valence-corrected chi connectivity index (χ4v) is 11.1. The molecule has 0 spiro atoms. The number of rotatable bonds is 11. The Morgan fingerprint density at radius 2 is 1.08 bits per heavy atom. The Balaban J connectivity index is 0.000000185. The number of fused-ring (bicyclic) bond motifs is 8. The smallest absolute Gasteiger partial charge is 0.870 e. The van der Waals surface area contributed by atoms with E-state index in [2.05, 4.69) is 19.9 Å². The molecule has 13 nitrogen and oxygen atoms in total. The molecule has 78 heavy (non-hydrogen) atoms. The number of aliphatic carboxylic acids is 1. The van der Waals surface area contributed by atoms with Gasteiger partial charge in [-0.25, -0.2) is 37.5 Å². The standard InChI is InChI=1S/C28H22F5N3O3.C26H18F5N3O3.Li.H2O/c1-3-38-26(37)23-16-9-15-10-21(34-11-17(15)22(16)23)39-12-14-5-4-6-20(13(14)2)36-25-19(8-7-18(29)24(25)30)35-27(36)28(31,32)33;1-11-12(10-37-19-8-13-7-14-20(15(13)9-32-19)21(14)24(35)36)3-2-4-18(11)34-23-17(6-5-16(27)22(23)28)33-25(34)26(29,30)31;;/h4-8,10-11,16,22-23H,3,9,12H2,1-2H3;2-6,8-9,14,20-21H,7,10H2,1H3,(H,35,36);;1H2/q;;+1;/p-1/t16-,22-,23+;14-,20-,21+;;/m11../s1. The molecule has 24 heteroatoms. The maximum Gasteiger partial charge on any atom is 1.00 e. The maximum atomic E-state index is 14.7. The molecule has 0 unspecified atom stereocenters. The SMILES string of the molecule is CCOC(=O)[C@H]1[C@@H]2Cc3cc(OCc4cccc(-n5c(C(F)(F)F)nc6ccc(F)c(F)c65)c4C)ncc3[C@@H]21.Cc1c(COc2cc3c(cn2)[C@H]2[C@@H](C3)[C@@H]2C(=O)O)cccc1-n1c(C(F)(F)F)nc2ccc(F)c(F)c21.[Li+].[OH-]. The van der Waals surface area contributed by atoms with Gasteiger partial charge < -0.3 is 24.8 Å². The van der Waals surface area contributed by atoms with Gasteiger partial charge in [0.1, 0.15) is 24.2 Å². The van der Waals surface area contributed by atoms with E-state index in [9.17, 15) is 58.6 Å². The van der Waals surface area contributed by atoms with Crippen LogP contribution >= 0.6 is 0 Å². The van der Waals surface area contributed by atoms with Crippen molar-refractivity contribution >= 4 is 34.0 Å². The minimum absolute atomic E-state index is 0. The summed E-state index contributed by atoms with van der Waals surface area (Å²) in [5, 5.41) is 9.26. The van der Waals surface area contributed by atoms with Crippen LogP contribution in [0.3, 0.4) is 0 Å². The fourth-order valence-electron chi connectivity index (χ4n) is 11.1. The average molecular weight is 1080 g/mol. The summed E-state index contributed by atoms with van der Waals surface area (Å²) in [5.41, 5.74) is 3.87. The molecular weight excluding hydrogens is 1040 g/mol. The molecule has 0 amide bonds. The van der Waals surface area contributed by atoms with Crippen LogP contribution in [0.1, 0.15) is 74.9 Å². The van der Waals surface area contributed by atoms with Crippen LogP contribution < -0.4 is 28.3 Å². The van der Waals surface area contributed by atoms with E-state index in [0.717, 1.165) is 46.5 Å². The summed E-state index contributed by atoms with van der Waals surface area (Å²) in [6.07, 6.45) is -5.18. The molecule has 6 atom stereocenters. The summed E-state index contributed by atoms with van der Waals surface area (Å²) in [6, 6.07) is 16.2. The molecule has 400 valence electrons. The number of ether oxygens (including phenoxy) is 3. The molecule has 4 heterocycles. The first-order valence-corrected chi connectivity index (χ1v) is 23.8. The van der Waals surface area contributed by atoms with Crippen molar-refractivity contribution < 1.29 is 97.1 Å². The van der Waals surface area contributed by atoms with Crippen LogP contribution in [0.4, 0.5) is 43.9 Å². The summed E-state index contributed by atoms with van der Waals surface area (Å²) in [5.74, 6) is -8.62. The number of esters is 1. The van der Waals surface area contributed by atoms with Crippen molar-refractivity contribution in [2.45, 2.75) is 71.0 Å². The van der Waals surface area contributed by atoms with Gasteiger partial charge in [0.05, 0.1) is 40.9 Å². The Bertz CT molecular complexity index is 3720. The molecule has 2 fully saturated rings. The molecule has 0 aliphatic heterocycles. The van der Waals surface area contributed by atoms with Crippen molar-refractivity contribution in [1.29, 1.82) is 0 Å². The van der Waals surface area contributed by atoms with Crippen molar-refractivity contribution in [1.82, 2.24) is 29.1 Å². The van der Waals surface area contributed by atoms with Gasteiger partial charge >= 0.3 is 43.2 Å². The van der Waals surface area contributed by atoms with E-state index >= 15 is 0 Å². The molecule has 2 saturated carbocycles. The van der Waals surface area contributed by atoms with Crippen LogP contribution in [0.25, 0.3) is 33.4 Å². The van der Waals surface area contributed by atoms with Crippen molar-refractivity contribution in [2.75, 3.05) is 6.61 Å². The topological polar surface area (TPSA) is 173 Å². The minimum atomic E-state index is -4.92. The Morgan fingerprint density at radius 1 is 0.654 bits per heavy atom. The predicted octanol–water partition coefficient (Wildman–Crippen LogP) is 8.46. The van der Waals surface area contributed by atoms with Crippen LogP contribution in [0.15, 0.2) is 85.2 Å². The quantitative estimate of drug-likeness (QED) is 0.0748. The molecule has 2 N–H and O–H groups in total. The second-order valence-corrected chi connectivity index (χ2v) is 19.1. The minimum Gasteiger partial charge on any atom is -0.870 e. The van der Waals surface area contributed by atoms with E-state index in [1.54, 1.807) is 51.4 Å². The summed E-state index contributed by atoms with van der Waals surface area (Å²) in [6.45, 7) is 5.20. The summed E-state index contributed by atoms with van der Waals surface area (Å²) < 4.78 is 159. The van der Waals surface area contributed by atoms with Gasteiger partial charge in [-0.3, -0.25) is 18.7 Å². The largest absolute Gasteiger partial charge is 1.00 e. The fraction of sp³-hybridized carbons (Fsp3) is 0.296. The molecule has 4 aromatic carbocycles. The maximum absolute atomic E-state index is 14.7. The number of halogens is 10. The van der Waals surface area contributed by atoms with Crippen molar-refractivity contribution in [2.24, 2.45) is 23.7 Å². The van der Waals surface area contributed by atoms with Crippen molar-refractivity contribution in [3.63, 3.8) is 0 Å². The average Bonchev–Trinajstić information content (AvgIpc) is 3.99. The molecule has 4 aliphatic carbocycles. The normalized spacial score (nSPS) is 19.3. The number of carboxylic acids is 1. The Labute approximate surface area is 447 Å². The van der Waals surface area contributed by atoms with Crippen LogP contribution in [-0.2, 0) is 52.7 Å². The van der Waals surface area contributed by atoms with Crippen LogP contribution in [0, 0.1) is 60.8 Å². The van der Waals surface area contributed by atoms with Crippen LogP contribution in [-0.4, -0.2) is 58.2 Å². The number of imidazole rings is 2. The molecule has 4 aliphatic rings. The third-order valence-corrected chi connectivity index (χ3v) is 14.8. The molecule has 0 saturated heterocycles. The number of benzene rings is 4. The zero-order valence-corrected chi connectivity index (χ0v) is 41.5. The zero-order chi connectivity index (χ0) is 53.9. The second-order valence-electron chi connectivity index (χ2n) is 19.1. The summed E-state index contributed by atoms with van der Waals surface area (Å²) >= 11 is 0. The first-order valence-electron chi connectivity index (χ1n) is 23.8. The number of carbonyl (C=O) groups excluding carboxylic acids is 1. The van der Waals surface area contributed by atoms with Gasteiger partial charge in [0.15, 0.2) is 23.3 Å². The van der Waals surface area contributed by atoms with E-state index in [0.29, 0.717) is 62.6 Å². The van der Waals surface area contributed by atoms with Crippen LogP contribution in [0.2, 0.25) is 0 Å². The summed E-state index contributed by atoms with van der Waals surface area (Å²) in [7, 11) is 0. The third kappa shape index (κ3) is 9.48. The number of pyridine rings is 2. The monoisotopic (exact) mass is 1080 g/mol. The molecule has 12 rings (SSSR count). The number of alkyl halides is 6. The molecule has 4 aromatic heterocycles. The number of nitrogens with zero attached hydrogens (tertiary/aromatic N) is 6. The van der Waals surface area contributed by atoms with Gasteiger partial charge in [-0.15, -0.1) is 0 Å². The molecule has 8 aromatic rings. The zero-order valence-electron chi connectivity index (χ0n) is 41.5. The van der Waals surface area contributed by atoms with Crippen molar-refractivity contribution in [3.05, 3.63) is 165 Å². The number of carbonyl (C=O) groups is 2. The number of hydrogen-bond acceptors (Lipinski definition) is 10. The first kappa shape index (κ1) is 55.3. The van der Waals surface area contributed by atoms with Crippen LogP contribution in [0.5, 0.6) is 11.8 Å². The first-order chi connectivity index (χ1) is 36.2. The van der Waals surface area contributed by atoms with Gasteiger partial charge in [0.25, 0.3) is 0 Å². The molecule has 0 radical (unpaired) electrons. The van der Waals surface area contributed by atoms with Gasteiger partial charge in [0, 0.05) is 36.4 Å². The number of aromatic nitrogens is 6. The van der Waals surface area contributed by atoms with E-state index in [-0.39, 0.29) is 101 Å². The van der Waals surface area contributed by atoms with Crippen molar-refractivity contribution in [3.8, 4) is 23.1 Å². The van der Waals surface area contributed by atoms with E-state index in [1.165, 1.54) is 24.3 Å². The number of carboxylic acid groups (broad SMARTS) is 1. The molecule has 0 bridgehead atoms. The predicted molar refractivity (Wildman–Crippen MR) is 252 cm³/mol. The van der Waals surface area contributed by atoms with Gasteiger partial charge in [0.2, 0.25) is 23.4 Å². The van der Waals surface area contributed by atoms with E-state index in [1.807, 2.05) is 6.07 Å². The summed E-state index contributed by atoms with van der Waals surface area (Å²) in [4.78, 5) is 39.1.